The van der Waals surface area contributed by atoms with E-state index in [0.717, 1.165) is 0 Å². The van der Waals surface area contributed by atoms with Crippen molar-refractivity contribution in [3.8, 4) is 17.2 Å². The van der Waals surface area contributed by atoms with E-state index < -0.39 is 23.0 Å². The first kappa shape index (κ1) is 25.6. The second-order valence-electron chi connectivity index (χ2n) is 7.19. The topological polar surface area (TPSA) is 96.6 Å². The maximum Gasteiger partial charge on any atom is 0.441 e. The Morgan fingerprint density at radius 3 is 2.50 bits per heavy atom. The summed E-state index contributed by atoms with van der Waals surface area (Å²) in [7, 11) is 0. The number of hydrogen-bond donors (Lipinski definition) is 1. The van der Waals surface area contributed by atoms with Gasteiger partial charge in [-0.25, -0.2) is 0 Å². The van der Waals surface area contributed by atoms with Crippen LogP contribution in [0.3, 0.4) is 0 Å². The van der Waals surface area contributed by atoms with Gasteiger partial charge in [0.05, 0.1) is 17.2 Å². The van der Waals surface area contributed by atoms with Crippen molar-refractivity contribution >= 4 is 51.4 Å². The molecule has 188 valence electrons. The van der Waals surface area contributed by atoms with E-state index in [1.165, 1.54) is 6.08 Å². The summed E-state index contributed by atoms with van der Waals surface area (Å²) < 4.78 is 56.0. The number of alkyl halides is 3. The fourth-order valence-corrected chi connectivity index (χ4v) is 4.09. The Hall–Kier alpha value is -3.51. The van der Waals surface area contributed by atoms with Crippen molar-refractivity contribution in [2.75, 3.05) is 19.8 Å². The summed E-state index contributed by atoms with van der Waals surface area (Å²) in [6.45, 7) is 2.53. The zero-order valence-electron chi connectivity index (χ0n) is 18.6. The lowest BCUT2D eigenvalue weighted by atomic mass is 10.1. The normalized spacial score (nSPS) is 16.6. The molecule has 2 aromatic rings. The number of fused-ring (bicyclic) bond motifs is 1. The van der Waals surface area contributed by atoms with E-state index in [1.807, 2.05) is 0 Å². The number of carbonyl (C=O) groups is 1. The number of hydrazone groups is 1. The second kappa shape index (κ2) is 10.6. The number of para-hydroxylation sites is 1. The number of carbonyl (C=O) groups excluding carboxylic acids is 1. The molecule has 0 saturated carbocycles. The third-order valence-electron chi connectivity index (χ3n) is 4.71. The number of ether oxygens (including phenoxy) is 3. The smallest absolute Gasteiger partial charge is 0.441 e. The maximum atomic E-state index is 13.0. The van der Waals surface area contributed by atoms with Crippen LogP contribution in [0.2, 0.25) is 5.02 Å². The zero-order chi connectivity index (χ0) is 25.9. The van der Waals surface area contributed by atoms with Gasteiger partial charge in [-0.1, -0.05) is 29.8 Å². The number of amidine groups is 2. The highest BCUT2D eigenvalue weighted by Gasteiger charge is 2.46. The molecule has 0 saturated heterocycles. The fraction of sp³-hybridized carbons (Fsp3) is 0.217. The number of halogens is 4. The molecule has 0 atom stereocenters. The molecule has 0 unspecified atom stereocenters. The van der Waals surface area contributed by atoms with Crippen molar-refractivity contribution in [3.63, 3.8) is 0 Å². The summed E-state index contributed by atoms with van der Waals surface area (Å²) in [5.74, 6) is -0.0254. The largest absolute Gasteiger partial charge is 0.490 e. The van der Waals surface area contributed by atoms with Crippen LogP contribution in [0.1, 0.15) is 12.5 Å². The second-order valence-corrected chi connectivity index (χ2v) is 8.55. The molecule has 1 N–H and O–H groups in total. The Bertz CT molecular complexity index is 1300. The molecule has 0 radical (unpaired) electrons. The number of thioether (sulfide) groups is 1. The Morgan fingerprint density at radius 1 is 1.08 bits per heavy atom. The van der Waals surface area contributed by atoms with Crippen LogP contribution < -0.4 is 14.2 Å². The molecule has 0 bridgehead atoms. The van der Waals surface area contributed by atoms with Crippen molar-refractivity contribution in [1.82, 2.24) is 5.01 Å². The molecule has 0 aromatic heterocycles. The van der Waals surface area contributed by atoms with Gasteiger partial charge in [-0.15, -0.1) is 0 Å². The predicted octanol–water partition coefficient (Wildman–Crippen LogP) is 5.38. The summed E-state index contributed by atoms with van der Waals surface area (Å²) in [5, 5.41) is 11.3. The van der Waals surface area contributed by atoms with Crippen LogP contribution in [-0.2, 0) is 4.79 Å². The minimum Gasteiger partial charge on any atom is -0.490 e. The van der Waals surface area contributed by atoms with E-state index in [2.05, 4.69) is 10.1 Å². The van der Waals surface area contributed by atoms with E-state index in [4.69, 9.17) is 31.2 Å². The van der Waals surface area contributed by atoms with E-state index in [0.29, 0.717) is 39.5 Å². The Balaban J connectivity index is 1.49. The molecule has 0 fully saturated rings. The van der Waals surface area contributed by atoms with Crippen LogP contribution in [0.5, 0.6) is 17.2 Å². The third-order valence-corrected chi connectivity index (χ3v) is 5.98. The van der Waals surface area contributed by atoms with Gasteiger partial charge in [-0.05, 0) is 54.6 Å². The Morgan fingerprint density at radius 2 is 1.81 bits per heavy atom. The molecule has 36 heavy (non-hydrogen) atoms. The van der Waals surface area contributed by atoms with Gasteiger partial charge < -0.3 is 14.2 Å². The van der Waals surface area contributed by atoms with Gasteiger partial charge in [0.2, 0.25) is 10.2 Å². The molecule has 2 heterocycles. The van der Waals surface area contributed by atoms with Crippen molar-refractivity contribution < 1.29 is 32.2 Å². The lowest BCUT2D eigenvalue weighted by molar-refractivity contribution is -0.114. The Kier molecular flexibility index (Phi) is 7.55. The van der Waals surface area contributed by atoms with Crippen molar-refractivity contribution in [1.29, 1.82) is 5.41 Å². The summed E-state index contributed by atoms with van der Waals surface area (Å²) in [4.78, 5) is 16.1. The quantitative estimate of drug-likeness (QED) is 0.358. The lowest BCUT2D eigenvalue weighted by Crippen LogP contribution is -2.35. The first-order chi connectivity index (χ1) is 17.2. The van der Waals surface area contributed by atoms with E-state index in [-0.39, 0.29) is 35.7 Å². The third kappa shape index (κ3) is 5.65. The average Bonchev–Trinajstić information content (AvgIpc) is 3.27. The number of benzene rings is 2. The SMILES string of the molecule is CCOc1cc(/C=C2/C(=N)N3N=C(C(F)(F)F)SC3=NC2=O)ccc1OCCOc1ccccc1Cl. The van der Waals surface area contributed by atoms with Crippen LogP contribution in [0, 0.1) is 5.41 Å². The molecule has 2 aliphatic rings. The number of amides is 1. The number of hydrogen-bond acceptors (Lipinski definition) is 7. The highest BCUT2D eigenvalue weighted by molar-refractivity contribution is 8.27. The number of aliphatic imine (C=N–C) groups is 1. The minimum absolute atomic E-state index is 0.193. The number of nitrogens with one attached hydrogen (secondary N) is 1. The molecule has 0 spiro atoms. The predicted molar refractivity (Wildman–Crippen MR) is 131 cm³/mol. The molecule has 0 aliphatic carbocycles. The van der Waals surface area contributed by atoms with Gasteiger partial charge in [0, 0.05) is 0 Å². The summed E-state index contributed by atoms with van der Waals surface area (Å²) in [6.07, 6.45) is -3.37. The molecule has 4 rings (SSSR count). The summed E-state index contributed by atoms with van der Waals surface area (Å²) in [5.41, 5.74) is 0.243. The van der Waals surface area contributed by atoms with E-state index in [9.17, 15) is 18.0 Å². The fourth-order valence-electron chi connectivity index (χ4n) is 3.14. The van der Waals surface area contributed by atoms with Gasteiger partial charge in [0.25, 0.3) is 5.91 Å². The first-order valence-corrected chi connectivity index (χ1v) is 11.7. The van der Waals surface area contributed by atoms with Crippen molar-refractivity contribution in [2.45, 2.75) is 13.1 Å². The van der Waals surface area contributed by atoms with Crippen molar-refractivity contribution in [2.24, 2.45) is 10.1 Å². The monoisotopic (exact) mass is 538 g/mol. The zero-order valence-corrected chi connectivity index (χ0v) is 20.2. The van der Waals surface area contributed by atoms with Crippen LogP contribution in [0.15, 0.2) is 58.1 Å². The Labute approximate surface area is 212 Å². The summed E-state index contributed by atoms with van der Waals surface area (Å²) in [6, 6.07) is 11.9. The molecule has 2 aromatic carbocycles. The van der Waals surface area contributed by atoms with E-state index >= 15 is 0 Å². The first-order valence-electron chi connectivity index (χ1n) is 10.5. The molecule has 8 nitrogen and oxygen atoms in total. The van der Waals surface area contributed by atoms with E-state index in [1.54, 1.807) is 49.4 Å². The number of nitrogens with zero attached hydrogens (tertiary/aromatic N) is 3. The van der Waals surface area contributed by atoms with Crippen molar-refractivity contribution in [3.05, 3.63) is 58.6 Å². The molecular weight excluding hydrogens is 521 g/mol. The van der Waals surface area contributed by atoms with Crippen LogP contribution in [0.4, 0.5) is 13.2 Å². The van der Waals surface area contributed by atoms with Gasteiger partial charge >= 0.3 is 6.18 Å². The molecule has 13 heteroatoms. The highest BCUT2D eigenvalue weighted by atomic mass is 35.5. The minimum atomic E-state index is -4.71. The van der Waals surface area contributed by atoms with Gasteiger partial charge in [0.15, 0.2) is 17.3 Å². The van der Waals surface area contributed by atoms with Gasteiger partial charge in [0.1, 0.15) is 19.0 Å². The standard InChI is InChI=1S/C23H18ClF3N4O4S/c1-2-33-18-12-13(7-8-17(18)35-10-9-34-16-6-4-3-5-15(16)24)11-14-19(28)31-22(29-20(14)32)36-21(30-31)23(25,26)27/h3-8,11-12,28H,2,9-10H2,1H3/b14-11-,28-19?. The van der Waals surface area contributed by atoms with Crippen LogP contribution >= 0.6 is 23.4 Å². The maximum absolute atomic E-state index is 13.0. The molecule has 2 aliphatic heterocycles. The van der Waals surface area contributed by atoms with Gasteiger partial charge in [-0.3, -0.25) is 10.2 Å². The molecule has 1 amide bonds. The number of rotatable bonds is 8. The van der Waals surface area contributed by atoms with Crippen LogP contribution in [-0.4, -0.2) is 53.0 Å². The average molecular weight is 539 g/mol. The van der Waals surface area contributed by atoms with Gasteiger partial charge in [-0.2, -0.15) is 28.3 Å². The molecular formula is C23H18ClF3N4O4S. The van der Waals surface area contributed by atoms with Crippen LogP contribution in [0.25, 0.3) is 6.08 Å². The summed E-state index contributed by atoms with van der Waals surface area (Å²) >= 11 is 6.26. The highest BCUT2D eigenvalue weighted by Crippen LogP contribution is 2.36. The lowest BCUT2D eigenvalue weighted by Gasteiger charge is -2.20.